The number of pyridine rings is 1. The van der Waals surface area contributed by atoms with E-state index < -0.39 is 5.97 Å². The molecule has 5 nitrogen and oxygen atoms in total. The number of rotatable bonds is 3. The zero-order valence-electron chi connectivity index (χ0n) is 10.8. The molecule has 0 saturated carbocycles. The second-order valence-corrected chi connectivity index (χ2v) is 5.13. The average Bonchev–Trinajstić information content (AvgIpc) is 2.30. The summed E-state index contributed by atoms with van der Waals surface area (Å²) in [5.41, 5.74) is -0.000164. The van der Waals surface area contributed by atoms with Gasteiger partial charge < -0.3 is 14.6 Å². The largest absolute Gasteiger partial charge is 0.478 e. The van der Waals surface area contributed by atoms with Crippen molar-refractivity contribution >= 4 is 17.6 Å². The second-order valence-electron chi connectivity index (χ2n) is 4.75. The Hall–Kier alpha value is -1.33. The number of aromatic nitrogens is 1. The Balaban J connectivity index is 2.15. The van der Waals surface area contributed by atoms with Gasteiger partial charge in [-0.2, -0.15) is 0 Å². The molecule has 2 unspecified atom stereocenters. The van der Waals surface area contributed by atoms with Crippen LogP contribution in [0.1, 0.15) is 37.0 Å². The molecule has 1 aromatic rings. The van der Waals surface area contributed by atoms with Crippen molar-refractivity contribution in [1.29, 1.82) is 0 Å². The van der Waals surface area contributed by atoms with Gasteiger partial charge in [0.05, 0.1) is 17.8 Å². The number of ether oxygens (including phenoxy) is 2. The zero-order chi connectivity index (χ0) is 14.0. The maximum atomic E-state index is 11.0. The van der Waals surface area contributed by atoms with Crippen molar-refractivity contribution in [1.82, 2.24) is 4.98 Å². The zero-order valence-corrected chi connectivity index (χ0v) is 11.6. The Labute approximate surface area is 116 Å². The van der Waals surface area contributed by atoms with Crippen molar-refractivity contribution < 1.29 is 19.4 Å². The van der Waals surface area contributed by atoms with Crippen LogP contribution in [0, 0.1) is 0 Å². The molecule has 19 heavy (non-hydrogen) atoms. The molecule has 0 aromatic carbocycles. The van der Waals surface area contributed by atoms with Crippen LogP contribution >= 0.6 is 11.6 Å². The first-order valence-electron chi connectivity index (χ1n) is 6.17. The number of nitrogens with zero attached hydrogens (tertiary/aromatic N) is 1. The topological polar surface area (TPSA) is 68.7 Å². The molecule has 0 aliphatic carbocycles. The number of carboxylic acid groups (broad SMARTS) is 1. The first-order chi connectivity index (χ1) is 8.97. The highest BCUT2D eigenvalue weighted by Crippen LogP contribution is 2.29. The molecule has 1 aromatic heterocycles. The first kappa shape index (κ1) is 14.1. The molecule has 104 valence electrons. The van der Waals surface area contributed by atoms with Crippen LogP contribution in [-0.2, 0) is 4.74 Å². The minimum Gasteiger partial charge on any atom is -0.478 e. The molecule has 0 radical (unpaired) electrons. The summed E-state index contributed by atoms with van der Waals surface area (Å²) in [6.07, 6.45) is 3.01. The van der Waals surface area contributed by atoms with Gasteiger partial charge in [-0.25, -0.2) is 9.78 Å². The smallest absolute Gasteiger partial charge is 0.337 e. The lowest BCUT2D eigenvalue weighted by atomic mass is 10.0. The molecule has 1 fully saturated rings. The number of aromatic carboxylic acids is 1. The number of carbonyl (C=O) groups is 1. The van der Waals surface area contributed by atoms with Gasteiger partial charge in [-0.05, 0) is 19.9 Å². The third-order valence-electron chi connectivity index (χ3n) is 3.02. The quantitative estimate of drug-likeness (QED) is 0.925. The lowest BCUT2D eigenvalue weighted by molar-refractivity contribution is -0.0729. The van der Waals surface area contributed by atoms with E-state index in [1.165, 1.54) is 12.3 Å². The summed E-state index contributed by atoms with van der Waals surface area (Å²) in [6, 6.07) is 1.35. The summed E-state index contributed by atoms with van der Waals surface area (Å²) in [5.74, 6) is -0.918. The molecule has 0 bridgehead atoms. The maximum Gasteiger partial charge on any atom is 0.337 e. The van der Waals surface area contributed by atoms with Crippen molar-refractivity contribution in [2.45, 2.75) is 45.0 Å². The molecule has 2 heterocycles. The molecular formula is C13H16ClNO4. The second kappa shape index (κ2) is 5.75. The van der Waals surface area contributed by atoms with E-state index in [4.69, 9.17) is 26.2 Å². The SMILES string of the molecule is CC1CC(Oc2nccc(C(=O)O)c2Cl)CC(C)O1. The van der Waals surface area contributed by atoms with E-state index in [1.54, 1.807) is 0 Å². The minimum atomic E-state index is -1.09. The van der Waals surface area contributed by atoms with Crippen molar-refractivity contribution in [3.63, 3.8) is 0 Å². The van der Waals surface area contributed by atoms with Gasteiger partial charge in [0.1, 0.15) is 11.1 Å². The van der Waals surface area contributed by atoms with Crippen LogP contribution in [0.4, 0.5) is 0 Å². The molecule has 1 aliphatic heterocycles. The standard InChI is InChI=1S/C13H16ClNO4/c1-7-5-9(6-8(2)18-7)19-12-11(14)10(13(16)17)3-4-15-12/h3-4,7-9H,5-6H2,1-2H3,(H,16,17). The minimum absolute atomic E-state index is 0.000164. The summed E-state index contributed by atoms with van der Waals surface area (Å²) < 4.78 is 11.4. The van der Waals surface area contributed by atoms with Crippen molar-refractivity contribution in [2.24, 2.45) is 0 Å². The Morgan fingerprint density at radius 1 is 1.47 bits per heavy atom. The van der Waals surface area contributed by atoms with E-state index in [0.717, 1.165) is 12.8 Å². The maximum absolute atomic E-state index is 11.0. The lowest BCUT2D eigenvalue weighted by Gasteiger charge is -2.32. The van der Waals surface area contributed by atoms with E-state index in [1.807, 2.05) is 13.8 Å². The normalized spacial score (nSPS) is 27.0. The monoisotopic (exact) mass is 285 g/mol. The van der Waals surface area contributed by atoms with Gasteiger partial charge in [-0.3, -0.25) is 0 Å². The molecule has 2 atom stereocenters. The fourth-order valence-electron chi connectivity index (χ4n) is 2.27. The van der Waals surface area contributed by atoms with Gasteiger partial charge in [-0.15, -0.1) is 0 Å². The molecule has 6 heteroatoms. The summed E-state index contributed by atoms with van der Waals surface area (Å²) in [5, 5.41) is 9.04. The summed E-state index contributed by atoms with van der Waals surface area (Å²) in [4.78, 5) is 15.0. The van der Waals surface area contributed by atoms with Crippen molar-refractivity contribution in [2.75, 3.05) is 0 Å². The molecule has 0 amide bonds. The van der Waals surface area contributed by atoms with E-state index in [2.05, 4.69) is 4.98 Å². The fraction of sp³-hybridized carbons (Fsp3) is 0.538. The molecule has 1 saturated heterocycles. The van der Waals surface area contributed by atoms with Crippen LogP contribution in [0.25, 0.3) is 0 Å². The average molecular weight is 286 g/mol. The highest BCUT2D eigenvalue weighted by Gasteiger charge is 2.27. The van der Waals surface area contributed by atoms with E-state index in [0.29, 0.717) is 0 Å². The number of carboxylic acids is 1. The van der Waals surface area contributed by atoms with Gasteiger partial charge in [0.15, 0.2) is 0 Å². The van der Waals surface area contributed by atoms with Gasteiger partial charge >= 0.3 is 5.97 Å². The van der Waals surface area contributed by atoms with E-state index >= 15 is 0 Å². The van der Waals surface area contributed by atoms with Crippen LogP contribution in [0.2, 0.25) is 5.02 Å². The number of halogens is 1. The molecule has 0 spiro atoms. The van der Waals surface area contributed by atoms with Crippen molar-refractivity contribution in [3.05, 3.63) is 22.8 Å². The van der Waals surface area contributed by atoms with Crippen LogP contribution in [0.3, 0.4) is 0 Å². The summed E-state index contributed by atoms with van der Waals surface area (Å²) in [6.45, 7) is 3.96. The van der Waals surface area contributed by atoms with Crippen LogP contribution in [0.5, 0.6) is 5.88 Å². The Morgan fingerprint density at radius 2 is 2.11 bits per heavy atom. The van der Waals surface area contributed by atoms with Gasteiger partial charge in [0, 0.05) is 19.0 Å². The van der Waals surface area contributed by atoms with Crippen LogP contribution < -0.4 is 4.74 Å². The van der Waals surface area contributed by atoms with Crippen LogP contribution in [-0.4, -0.2) is 34.4 Å². The summed E-state index contributed by atoms with van der Waals surface area (Å²) >= 11 is 6.00. The third kappa shape index (κ3) is 3.36. The molecule has 2 rings (SSSR count). The highest BCUT2D eigenvalue weighted by atomic mass is 35.5. The van der Waals surface area contributed by atoms with Gasteiger partial charge in [0.25, 0.3) is 0 Å². The highest BCUT2D eigenvalue weighted by molar-refractivity contribution is 6.34. The number of hydrogen-bond acceptors (Lipinski definition) is 4. The fourth-order valence-corrected chi connectivity index (χ4v) is 2.51. The molecular weight excluding hydrogens is 270 g/mol. The Kier molecular flexibility index (Phi) is 4.27. The van der Waals surface area contributed by atoms with Gasteiger partial charge in [-0.1, -0.05) is 11.6 Å². The lowest BCUT2D eigenvalue weighted by Crippen LogP contribution is -2.36. The Morgan fingerprint density at radius 3 is 2.68 bits per heavy atom. The third-order valence-corrected chi connectivity index (χ3v) is 3.39. The predicted molar refractivity (Wildman–Crippen MR) is 69.9 cm³/mol. The van der Waals surface area contributed by atoms with Crippen LogP contribution in [0.15, 0.2) is 12.3 Å². The molecule has 1 N–H and O–H groups in total. The van der Waals surface area contributed by atoms with E-state index in [9.17, 15) is 4.79 Å². The van der Waals surface area contributed by atoms with E-state index in [-0.39, 0.29) is 34.8 Å². The van der Waals surface area contributed by atoms with Gasteiger partial charge in [0.2, 0.25) is 5.88 Å². The first-order valence-corrected chi connectivity index (χ1v) is 6.55. The number of hydrogen-bond donors (Lipinski definition) is 1. The summed E-state index contributed by atoms with van der Waals surface area (Å²) in [7, 11) is 0. The molecule has 1 aliphatic rings. The van der Waals surface area contributed by atoms with Crippen molar-refractivity contribution in [3.8, 4) is 5.88 Å². The predicted octanol–water partition coefficient (Wildman–Crippen LogP) is 2.77. The Bertz CT molecular complexity index is 470.